The molecule has 2 aromatic rings. The molecule has 0 aliphatic rings. The van der Waals surface area contributed by atoms with Gasteiger partial charge in [0.25, 0.3) is 6.01 Å². The number of oxazole rings is 1. The average Bonchev–Trinajstić information content (AvgIpc) is 2.73. The Kier molecular flexibility index (Phi) is 2.78. The highest BCUT2D eigenvalue weighted by Gasteiger charge is 2.11. The van der Waals surface area contributed by atoms with Gasteiger partial charge in [-0.15, -0.1) is 0 Å². The molecule has 5 nitrogen and oxygen atoms in total. The minimum Gasteiger partial charge on any atom is -0.476 e. The number of benzene rings is 1. The number of halogens is 1. The molecule has 0 bridgehead atoms. The van der Waals surface area contributed by atoms with Crippen LogP contribution in [0.1, 0.15) is 16.1 Å². The van der Waals surface area contributed by atoms with Gasteiger partial charge in [0.1, 0.15) is 12.1 Å². The maximum Gasteiger partial charge on any atom is 0.357 e. The topological polar surface area (TPSA) is 75.4 Å². The molecule has 0 saturated carbocycles. The first-order valence-electron chi connectivity index (χ1n) is 4.79. The summed E-state index contributed by atoms with van der Waals surface area (Å²) in [5, 5.41) is 11.4. The first-order chi connectivity index (χ1) is 8.08. The predicted molar refractivity (Wildman–Crippen MR) is 57.9 cm³/mol. The Labute approximate surface area is 95.9 Å². The number of nitrogens with zero attached hydrogens (tertiary/aromatic N) is 1. The van der Waals surface area contributed by atoms with Gasteiger partial charge in [-0.25, -0.2) is 9.18 Å². The summed E-state index contributed by atoms with van der Waals surface area (Å²) in [5.41, 5.74) is 0.674. The van der Waals surface area contributed by atoms with E-state index in [4.69, 9.17) is 9.52 Å². The third kappa shape index (κ3) is 2.25. The van der Waals surface area contributed by atoms with E-state index < -0.39 is 5.97 Å². The highest BCUT2D eigenvalue weighted by atomic mass is 19.1. The summed E-state index contributed by atoms with van der Waals surface area (Å²) in [7, 11) is 0. The van der Waals surface area contributed by atoms with Crippen LogP contribution in [0.3, 0.4) is 0 Å². The summed E-state index contributed by atoms with van der Waals surface area (Å²) >= 11 is 0. The first kappa shape index (κ1) is 11.1. The molecule has 88 valence electrons. The van der Waals surface area contributed by atoms with Crippen LogP contribution in [0.2, 0.25) is 0 Å². The zero-order chi connectivity index (χ0) is 12.4. The van der Waals surface area contributed by atoms with Crippen molar-refractivity contribution < 1.29 is 18.7 Å². The van der Waals surface area contributed by atoms with Gasteiger partial charge in [0.2, 0.25) is 0 Å². The van der Waals surface area contributed by atoms with Gasteiger partial charge >= 0.3 is 5.97 Å². The van der Waals surface area contributed by atoms with Gasteiger partial charge in [-0.3, -0.25) is 0 Å². The second-order valence-corrected chi connectivity index (χ2v) is 3.38. The Bertz CT molecular complexity index is 566. The molecule has 0 unspecified atom stereocenters. The number of carboxylic acids is 1. The Morgan fingerprint density at radius 3 is 2.94 bits per heavy atom. The number of carbonyl (C=O) groups is 1. The maximum absolute atomic E-state index is 13.2. The second kappa shape index (κ2) is 4.25. The summed E-state index contributed by atoms with van der Waals surface area (Å²) in [6.45, 7) is 1.60. The highest BCUT2D eigenvalue weighted by Crippen LogP contribution is 2.21. The molecule has 2 rings (SSSR count). The van der Waals surface area contributed by atoms with Crippen molar-refractivity contribution in [2.24, 2.45) is 0 Å². The van der Waals surface area contributed by atoms with Crippen LogP contribution in [0.5, 0.6) is 0 Å². The van der Waals surface area contributed by atoms with Crippen molar-refractivity contribution in [1.82, 2.24) is 4.98 Å². The van der Waals surface area contributed by atoms with Gasteiger partial charge in [0, 0.05) is 11.3 Å². The SMILES string of the molecule is Cc1c(F)cccc1Nc1nc(C(=O)O)co1. The standard InChI is InChI=1S/C11H9FN2O3/c1-6-7(12)3-2-4-8(6)13-11-14-9(5-17-11)10(15)16/h2-5H,1H3,(H,13,14)(H,15,16). The summed E-state index contributed by atoms with van der Waals surface area (Å²) in [6, 6.07) is 4.52. The Morgan fingerprint density at radius 2 is 2.29 bits per heavy atom. The quantitative estimate of drug-likeness (QED) is 0.856. The van der Waals surface area contributed by atoms with Crippen LogP contribution in [0, 0.1) is 12.7 Å². The van der Waals surface area contributed by atoms with Crippen molar-refractivity contribution in [2.75, 3.05) is 5.32 Å². The van der Waals surface area contributed by atoms with Gasteiger partial charge < -0.3 is 14.8 Å². The molecule has 0 amide bonds. The van der Waals surface area contributed by atoms with Crippen LogP contribution in [0.25, 0.3) is 0 Å². The number of aromatic carboxylic acids is 1. The number of aromatic nitrogens is 1. The second-order valence-electron chi connectivity index (χ2n) is 3.38. The van der Waals surface area contributed by atoms with Crippen LogP contribution in [-0.4, -0.2) is 16.1 Å². The van der Waals surface area contributed by atoms with Gasteiger partial charge in [-0.2, -0.15) is 4.98 Å². The van der Waals surface area contributed by atoms with Crippen molar-refractivity contribution in [3.8, 4) is 0 Å². The van der Waals surface area contributed by atoms with Crippen LogP contribution < -0.4 is 5.32 Å². The normalized spacial score (nSPS) is 10.2. The average molecular weight is 236 g/mol. The van der Waals surface area contributed by atoms with E-state index in [2.05, 4.69) is 10.3 Å². The summed E-state index contributed by atoms with van der Waals surface area (Å²) < 4.78 is 18.1. The third-order valence-corrected chi connectivity index (χ3v) is 2.23. The smallest absolute Gasteiger partial charge is 0.357 e. The molecule has 0 spiro atoms. The summed E-state index contributed by atoms with van der Waals surface area (Å²) in [4.78, 5) is 14.3. The molecular formula is C11H9FN2O3. The lowest BCUT2D eigenvalue weighted by molar-refractivity contribution is 0.0690. The fourth-order valence-corrected chi connectivity index (χ4v) is 1.29. The number of carboxylic acid groups (broad SMARTS) is 1. The predicted octanol–water partition coefficient (Wildman–Crippen LogP) is 2.56. The molecule has 1 aromatic carbocycles. The molecule has 6 heteroatoms. The van der Waals surface area contributed by atoms with E-state index in [0.717, 1.165) is 6.26 Å². The lowest BCUT2D eigenvalue weighted by atomic mass is 10.2. The van der Waals surface area contributed by atoms with E-state index >= 15 is 0 Å². The Morgan fingerprint density at radius 1 is 1.53 bits per heavy atom. The minimum absolute atomic E-state index is 0.0103. The maximum atomic E-state index is 13.2. The van der Waals surface area contributed by atoms with Crippen LogP contribution >= 0.6 is 0 Å². The number of anilines is 2. The van der Waals surface area contributed by atoms with Gasteiger partial charge in [-0.1, -0.05) is 6.07 Å². The lowest BCUT2D eigenvalue weighted by Crippen LogP contribution is -1.98. The first-order valence-corrected chi connectivity index (χ1v) is 4.79. The van der Waals surface area contributed by atoms with E-state index in [9.17, 15) is 9.18 Å². The summed E-state index contributed by atoms with van der Waals surface area (Å²) in [5.74, 6) is -1.54. The van der Waals surface area contributed by atoms with E-state index in [0.29, 0.717) is 11.3 Å². The molecule has 0 fully saturated rings. The molecule has 1 aromatic heterocycles. The molecule has 0 aliphatic carbocycles. The van der Waals surface area contributed by atoms with Crippen molar-refractivity contribution in [3.63, 3.8) is 0 Å². The van der Waals surface area contributed by atoms with Crippen LogP contribution in [-0.2, 0) is 0 Å². The van der Waals surface area contributed by atoms with Crippen molar-refractivity contribution in [2.45, 2.75) is 6.92 Å². The van der Waals surface area contributed by atoms with Crippen molar-refractivity contribution in [3.05, 3.63) is 41.5 Å². The molecule has 0 saturated heterocycles. The molecule has 0 aliphatic heterocycles. The van der Waals surface area contributed by atoms with Crippen LogP contribution in [0.15, 0.2) is 28.9 Å². The van der Waals surface area contributed by atoms with E-state index in [1.807, 2.05) is 0 Å². The zero-order valence-electron chi connectivity index (χ0n) is 8.90. The van der Waals surface area contributed by atoms with Gasteiger partial charge in [0.05, 0.1) is 0 Å². The molecule has 17 heavy (non-hydrogen) atoms. The monoisotopic (exact) mass is 236 g/mol. The van der Waals surface area contributed by atoms with Gasteiger partial charge in [0.15, 0.2) is 5.69 Å². The van der Waals surface area contributed by atoms with Crippen molar-refractivity contribution >= 4 is 17.7 Å². The van der Waals surface area contributed by atoms with E-state index in [-0.39, 0.29) is 17.5 Å². The summed E-state index contributed by atoms with van der Waals surface area (Å²) in [6.07, 6.45) is 1.01. The van der Waals surface area contributed by atoms with E-state index in [1.165, 1.54) is 12.1 Å². The van der Waals surface area contributed by atoms with Crippen molar-refractivity contribution in [1.29, 1.82) is 0 Å². The molecule has 0 atom stereocenters. The number of nitrogens with one attached hydrogen (secondary N) is 1. The number of hydrogen-bond donors (Lipinski definition) is 2. The molecular weight excluding hydrogens is 227 g/mol. The fraction of sp³-hybridized carbons (Fsp3) is 0.0909. The Balaban J connectivity index is 2.25. The Hall–Kier alpha value is -2.37. The largest absolute Gasteiger partial charge is 0.476 e. The van der Waals surface area contributed by atoms with E-state index in [1.54, 1.807) is 13.0 Å². The van der Waals surface area contributed by atoms with Gasteiger partial charge in [-0.05, 0) is 19.1 Å². The number of rotatable bonds is 3. The molecule has 1 heterocycles. The highest BCUT2D eigenvalue weighted by molar-refractivity contribution is 5.85. The zero-order valence-corrected chi connectivity index (χ0v) is 8.90. The minimum atomic E-state index is -1.18. The third-order valence-electron chi connectivity index (χ3n) is 2.23. The number of hydrogen-bond acceptors (Lipinski definition) is 4. The molecule has 0 radical (unpaired) electrons. The fourth-order valence-electron chi connectivity index (χ4n) is 1.29. The van der Waals surface area contributed by atoms with Crippen LogP contribution in [0.4, 0.5) is 16.1 Å². The lowest BCUT2D eigenvalue weighted by Gasteiger charge is -2.05. The molecule has 2 N–H and O–H groups in total.